The molecule has 0 aliphatic carbocycles. The van der Waals surface area contributed by atoms with E-state index in [0.717, 1.165) is 5.56 Å². The maximum Gasteiger partial charge on any atom is 0.308 e. The van der Waals surface area contributed by atoms with Crippen molar-refractivity contribution in [3.8, 4) is 5.75 Å². The fourth-order valence-corrected chi connectivity index (χ4v) is 6.24. The Balaban J connectivity index is 1.79. The standard InChI is InChI=1S/C26H32N6O7S/c1-14-10-21(39-5)15(2)16(3)23(14)40(37,38)29-11-18-6-8-19(9-7-18)13-32-22(17(4)26(35)36)24(33)30-20(25(32)34)12-28-31-27/h6-10,17,20,22,29H,11-13H2,1-5H3,(H,30,33)(H,35,36). The summed E-state index contributed by atoms with van der Waals surface area (Å²) in [5.41, 5.74) is 11.7. The molecule has 3 atom stereocenters. The number of piperazine rings is 1. The molecule has 1 saturated heterocycles. The van der Waals surface area contributed by atoms with Crippen LogP contribution in [0.25, 0.3) is 10.4 Å². The first-order valence-electron chi connectivity index (χ1n) is 12.4. The number of aryl methyl sites for hydroxylation is 1. The second-order valence-electron chi connectivity index (χ2n) is 9.63. The SMILES string of the molecule is COc1cc(C)c(S(=O)(=O)NCc2ccc(CN3C(=O)C(CN=[N+]=[N-])NC(=O)C3C(C)C(=O)O)cc2)c(C)c1C. The quantitative estimate of drug-likeness (QED) is 0.209. The number of carbonyl (C=O) groups is 3. The first kappa shape index (κ1) is 30.4. The van der Waals surface area contributed by atoms with Crippen LogP contribution < -0.4 is 14.8 Å². The van der Waals surface area contributed by atoms with E-state index in [0.29, 0.717) is 28.0 Å². The van der Waals surface area contributed by atoms with Gasteiger partial charge in [0.15, 0.2) is 0 Å². The van der Waals surface area contributed by atoms with Crippen molar-refractivity contribution in [2.75, 3.05) is 13.7 Å². The molecule has 0 radical (unpaired) electrons. The van der Waals surface area contributed by atoms with Crippen LogP contribution in [-0.4, -0.2) is 61.9 Å². The van der Waals surface area contributed by atoms with Crippen molar-refractivity contribution in [3.63, 3.8) is 0 Å². The van der Waals surface area contributed by atoms with Crippen molar-refractivity contribution in [3.05, 3.63) is 68.6 Å². The van der Waals surface area contributed by atoms with Crippen LogP contribution in [0, 0.1) is 26.7 Å². The van der Waals surface area contributed by atoms with Crippen LogP contribution in [0.2, 0.25) is 0 Å². The lowest BCUT2D eigenvalue weighted by molar-refractivity contribution is -0.157. The van der Waals surface area contributed by atoms with Crippen LogP contribution in [0.1, 0.15) is 34.7 Å². The Kier molecular flexibility index (Phi) is 9.40. The zero-order chi connectivity index (χ0) is 29.8. The van der Waals surface area contributed by atoms with E-state index >= 15 is 0 Å². The van der Waals surface area contributed by atoms with Crippen molar-refractivity contribution in [2.45, 2.75) is 57.8 Å². The maximum atomic E-state index is 13.1. The summed E-state index contributed by atoms with van der Waals surface area (Å²) < 4.78 is 34.2. The molecule has 1 fully saturated rings. The summed E-state index contributed by atoms with van der Waals surface area (Å²) in [5.74, 6) is -3.04. The third kappa shape index (κ3) is 6.36. The molecule has 1 heterocycles. The van der Waals surface area contributed by atoms with Gasteiger partial charge >= 0.3 is 5.97 Å². The lowest BCUT2D eigenvalue weighted by Gasteiger charge is -2.40. The molecule has 0 saturated carbocycles. The zero-order valence-electron chi connectivity index (χ0n) is 22.8. The number of carbonyl (C=O) groups excluding carboxylic acids is 2. The fraction of sp³-hybridized carbons (Fsp3) is 0.423. The number of azide groups is 1. The summed E-state index contributed by atoms with van der Waals surface area (Å²) in [4.78, 5) is 41.5. The summed E-state index contributed by atoms with van der Waals surface area (Å²) in [6.07, 6.45) is 0. The number of benzene rings is 2. The van der Waals surface area contributed by atoms with Gasteiger partial charge in [0, 0.05) is 18.0 Å². The number of amides is 2. The predicted molar refractivity (Wildman–Crippen MR) is 145 cm³/mol. The van der Waals surface area contributed by atoms with E-state index in [9.17, 15) is 27.9 Å². The number of nitrogens with zero attached hydrogens (tertiary/aromatic N) is 4. The summed E-state index contributed by atoms with van der Waals surface area (Å²) in [6, 6.07) is 6.01. The Hall–Kier alpha value is -4.13. The highest BCUT2D eigenvalue weighted by Gasteiger charge is 2.45. The van der Waals surface area contributed by atoms with Crippen molar-refractivity contribution in [2.24, 2.45) is 11.0 Å². The number of hydrogen-bond acceptors (Lipinski definition) is 7. The Bertz CT molecular complexity index is 1470. The normalized spacial score (nSPS) is 18.1. The van der Waals surface area contributed by atoms with Crippen LogP contribution in [0.5, 0.6) is 5.75 Å². The molecule has 2 aromatic rings. The minimum absolute atomic E-state index is 0.00450. The van der Waals surface area contributed by atoms with Crippen LogP contribution in [0.4, 0.5) is 0 Å². The van der Waals surface area contributed by atoms with Gasteiger partial charge in [-0.3, -0.25) is 14.4 Å². The van der Waals surface area contributed by atoms with Crippen molar-refractivity contribution < 1.29 is 32.6 Å². The second-order valence-corrected chi connectivity index (χ2v) is 11.3. The summed E-state index contributed by atoms with van der Waals surface area (Å²) in [7, 11) is -2.32. The molecule has 1 aliphatic rings. The molecule has 0 aromatic heterocycles. The molecule has 3 rings (SSSR count). The van der Waals surface area contributed by atoms with Gasteiger partial charge in [0.25, 0.3) is 0 Å². The average Bonchev–Trinajstić information content (AvgIpc) is 2.91. The molecule has 214 valence electrons. The average molecular weight is 573 g/mol. The minimum Gasteiger partial charge on any atom is -0.496 e. The highest BCUT2D eigenvalue weighted by atomic mass is 32.2. The molecule has 2 aromatic carbocycles. The highest BCUT2D eigenvalue weighted by molar-refractivity contribution is 7.89. The van der Waals surface area contributed by atoms with Gasteiger partial charge in [0.2, 0.25) is 21.8 Å². The Morgan fingerprint density at radius 2 is 1.82 bits per heavy atom. The van der Waals surface area contributed by atoms with Crippen molar-refractivity contribution in [1.29, 1.82) is 0 Å². The van der Waals surface area contributed by atoms with Crippen LogP contribution in [-0.2, 0) is 37.5 Å². The van der Waals surface area contributed by atoms with Gasteiger partial charge in [0.1, 0.15) is 17.8 Å². The van der Waals surface area contributed by atoms with Crippen LogP contribution >= 0.6 is 0 Å². The van der Waals surface area contributed by atoms with Crippen LogP contribution in [0.15, 0.2) is 40.3 Å². The molecule has 2 amide bonds. The van der Waals surface area contributed by atoms with Crippen molar-refractivity contribution in [1.82, 2.24) is 14.9 Å². The third-order valence-electron chi connectivity index (χ3n) is 7.00. The fourth-order valence-electron chi connectivity index (χ4n) is 4.70. The predicted octanol–water partition coefficient (Wildman–Crippen LogP) is 2.33. The molecule has 13 nitrogen and oxygen atoms in total. The number of rotatable bonds is 11. The molecule has 14 heteroatoms. The van der Waals surface area contributed by atoms with E-state index in [1.54, 1.807) is 51.1 Å². The Morgan fingerprint density at radius 3 is 2.40 bits per heavy atom. The topological polar surface area (TPSA) is 191 Å². The number of carboxylic acids is 1. The monoisotopic (exact) mass is 572 g/mol. The second kappa shape index (κ2) is 12.4. The van der Waals surface area contributed by atoms with Gasteiger partial charge in [-0.25, -0.2) is 13.1 Å². The van der Waals surface area contributed by atoms with E-state index in [1.807, 2.05) is 0 Å². The van der Waals surface area contributed by atoms with Gasteiger partial charge in [-0.2, -0.15) is 0 Å². The van der Waals surface area contributed by atoms with Gasteiger partial charge < -0.3 is 20.1 Å². The van der Waals surface area contributed by atoms with Gasteiger partial charge in [-0.05, 0) is 67.1 Å². The Morgan fingerprint density at radius 1 is 1.20 bits per heavy atom. The molecule has 0 spiro atoms. The lowest BCUT2D eigenvalue weighted by Crippen LogP contribution is -2.66. The molecule has 1 aliphatic heterocycles. The number of sulfonamides is 1. The summed E-state index contributed by atoms with van der Waals surface area (Å²) in [5, 5.41) is 15.3. The molecular weight excluding hydrogens is 540 g/mol. The first-order valence-corrected chi connectivity index (χ1v) is 13.9. The third-order valence-corrected chi connectivity index (χ3v) is 8.69. The number of hydrogen-bond donors (Lipinski definition) is 3. The molecule has 40 heavy (non-hydrogen) atoms. The largest absolute Gasteiger partial charge is 0.496 e. The van der Waals surface area contributed by atoms with E-state index in [-0.39, 0.29) is 24.5 Å². The molecule has 3 unspecified atom stereocenters. The zero-order valence-corrected chi connectivity index (χ0v) is 23.7. The van der Waals surface area contributed by atoms with Crippen LogP contribution in [0.3, 0.4) is 0 Å². The number of nitrogens with one attached hydrogen (secondary N) is 2. The van der Waals surface area contributed by atoms with E-state index < -0.39 is 45.8 Å². The smallest absolute Gasteiger partial charge is 0.308 e. The van der Waals surface area contributed by atoms with E-state index in [1.165, 1.54) is 18.9 Å². The maximum absolute atomic E-state index is 13.1. The van der Waals surface area contributed by atoms with E-state index in [2.05, 4.69) is 20.1 Å². The first-order chi connectivity index (χ1) is 18.8. The molecular formula is C26H32N6O7S. The molecule has 3 N–H and O–H groups in total. The van der Waals surface area contributed by atoms with Gasteiger partial charge in [-0.1, -0.05) is 29.4 Å². The summed E-state index contributed by atoms with van der Waals surface area (Å²) in [6.45, 7) is 6.19. The van der Waals surface area contributed by atoms with Gasteiger partial charge in [-0.15, -0.1) is 0 Å². The number of aliphatic carboxylic acids is 1. The van der Waals surface area contributed by atoms with E-state index in [4.69, 9.17) is 10.3 Å². The number of carboxylic acid groups (broad SMARTS) is 1. The lowest BCUT2D eigenvalue weighted by atomic mass is 9.94. The van der Waals surface area contributed by atoms with Crippen molar-refractivity contribution >= 4 is 27.8 Å². The highest BCUT2D eigenvalue weighted by Crippen LogP contribution is 2.30. The Labute approximate surface area is 232 Å². The minimum atomic E-state index is -3.85. The van der Waals surface area contributed by atoms with Gasteiger partial charge in [0.05, 0.1) is 24.5 Å². The number of methoxy groups -OCH3 is 1. The summed E-state index contributed by atoms with van der Waals surface area (Å²) >= 11 is 0. The molecule has 0 bridgehead atoms. The number of ether oxygens (including phenoxy) is 1.